The van der Waals surface area contributed by atoms with Gasteiger partial charge >= 0.3 is 0 Å². The predicted molar refractivity (Wildman–Crippen MR) is 129 cm³/mol. The first kappa shape index (κ1) is 23.5. The summed E-state index contributed by atoms with van der Waals surface area (Å²) in [6, 6.07) is 12.0. The van der Waals surface area contributed by atoms with E-state index < -0.39 is 5.82 Å². The highest BCUT2D eigenvalue weighted by atomic mass is 19.1. The second kappa shape index (κ2) is 9.41. The van der Waals surface area contributed by atoms with Gasteiger partial charge < -0.3 is 19.1 Å². The lowest BCUT2D eigenvalue weighted by Gasteiger charge is -2.29. The van der Waals surface area contributed by atoms with Gasteiger partial charge in [0.1, 0.15) is 17.3 Å². The average molecular weight is 491 g/mol. The summed E-state index contributed by atoms with van der Waals surface area (Å²) in [6.07, 6.45) is 0.510. The minimum atomic E-state index is -0.500. The first-order valence-electron chi connectivity index (χ1n) is 11.3. The Bertz CT molecular complexity index is 1470. The summed E-state index contributed by atoms with van der Waals surface area (Å²) in [5.41, 5.74) is 2.76. The molecular weight excluding hydrogens is 468 g/mol. The minimum Gasteiger partial charge on any atom is -0.493 e. The van der Waals surface area contributed by atoms with E-state index in [1.165, 1.54) is 51.7 Å². The fourth-order valence-corrected chi connectivity index (χ4v) is 4.45. The molecule has 1 aliphatic rings. The molecule has 7 nitrogen and oxygen atoms in total. The smallest absolute Gasteiger partial charge is 0.273 e. The van der Waals surface area contributed by atoms with E-state index in [2.05, 4.69) is 9.97 Å². The highest BCUT2D eigenvalue weighted by Crippen LogP contribution is 2.41. The van der Waals surface area contributed by atoms with Crippen LogP contribution in [-0.4, -0.2) is 48.6 Å². The third-order valence-corrected chi connectivity index (χ3v) is 6.25. The second-order valence-electron chi connectivity index (χ2n) is 8.36. The molecule has 0 saturated heterocycles. The lowest BCUT2D eigenvalue weighted by Crippen LogP contribution is -2.36. The van der Waals surface area contributed by atoms with E-state index >= 15 is 0 Å². The van der Waals surface area contributed by atoms with E-state index in [1.54, 1.807) is 23.1 Å². The molecule has 1 aromatic heterocycles. The minimum absolute atomic E-state index is 0.0776. The molecular formula is C27H23F2N3O4. The number of hydrogen-bond acceptors (Lipinski definition) is 6. The molecule has 2 heterocycles. The van der Waals surface area contributed by atoms with E-state index in [0.717, 1.165) is 11.1 Å². The van der Waals surface area contributed by atoms with Crippen LogP contribution in [0.15, 0.2) is 48.5 Å². The number of benzene rings is 3. The Morgan fingerprint density at radius 2 is 1.56 bits per heavy atom. The van der Waals surface area contributed by atoms with Gasteiger partial charge in [0.25, 0.3) is 5.91 Å². The van der Waals surface area contributed by atoms with Crippen LogP contribution >= 0.6 is 0 Å². The molecule has 0 N–H and O–H groups in total. The van der Waals surface area contributed by atoms with Gasteiger partial charge in [0.05, 0.1) is 26.8 Å². The zero-order valence-corrected chi connectivity index (χ0v) is 20.0. The molecule has 0 spiro atoms. The van der Waals surface area contributed by atoms with Gasteiger partial charge in [-0.1, -0.05) is 6.07 Å². The van der Waals surface area contributed by atoms with Gasteiger partial charge in [-0.2, -0.15) is 0 Å². The molecule has 0 saturated carbocycles. The Kier molecular flexibility index (Phi) is 6.13. The Hall–Kier alpha value is -4.27. The van der Waals surface area contributed by atoms with Crippen molar-refractivity contribution in [1.82, 2.24) is 14.9 Å². The number of aromatic nitrogens is 2. The van der Waals surface area contributed by atoms with Crippen molar-refractivity contribution in [1.29, 1.82) is 0 Å². The Morgan fingerprint density at radius 1 is 0.861 bits per heavy atom. The number of nitrogens with zero attached hydrogens (tertiary/aromatic N) is 3. The summed E-state index contributed by atoms with van der Waals surface area (Å²) < 4.78 is 44.1. The lowest BCUT2D eigenvalue weighted by atomic mass is 9.99. The summed E-state index contributed by atoms with van der Waals surface area (Å²) in [6.45, 7) is 0.685. The molecule has 0 unspecified atom stereocenters. The number of amides is 1. The lowest BCUT2D eigenvalue weighted by molar-refractivity contribution is 0.0731. The van der Waals surface area contributed by atoms with Crippen molar-refractivity contribution in [2.45, 2.75) is 13.0 Å². The normalized spacial score (nSPS) is 12.9. The molecule has 5 rings (SSSR count). The third-order valence-electron chi connectivity index (χ3n) is 6.25. The zero-order chi connectivity index (χ0) is 25.4. The van der Waals surface area contributed by atoms with Crippen LogP contribution in [-0.2, 0) is 13.0 Å². The van der Waals surface area contributed by atoms with E-state index in [0.29, 0.717) is 53.2 Å². The SMILES string of the molecule is COc1cc(-c2nc(C(=O)N3CCc4cc(F)ccc4C3)c3cc(F)ccc3n2)cc(OC)c1OC. The van der Waals surface area contributed by atoms with Crippen molar-refractivity contribution < 1.29 is 27.8 Å². The Balaban J connectivity index is 1.62. The van der Waals surface area contributed by atoms with E-state index in [9.17, 15) is 13.6 Å². The topological polar surface area (TPSA) is 73.8 Å². The molecule has 184 valence electrons. The monoisotopic (exact) mass is 491 g/mol. The maximum atomic E-state index is 14.2. The van der Waals surface area contributed by atoms with Crippen LogP contribution in [0.25, 0.3) is 22.3 Å². The molecule has 3 aromatic carbocycles. The van der Waals surface area contributed by atoms with Gasteiger partial charge in [0.2, 0.25) is 5.75 Å². The molecule has 1 aliphatic heterocycles. The number of carbonyl (C=O) groups is 1. The van der Waals surface area contributed by atoms with Crippen molar-refractivity contribution >= 4 is 16.8 Å². The molecule has 0 atom stereocenters. The van der Waals surface area contributed by atoms with Crippen molar-refractivity contribution in [3.8, 4) is 28.6 Å². The molecule has 9 heteroatoms. The van der Waals surface area contributed by atoms with Crippen LogP contribution in [0, 0.1) is 11.6 Å². The van der Waals surface area contributed by atoms with Crippen LogP contribution < -0.4 is 14.2 Å². The van der Waals surface area contributed by atoms with Gasteiger partial charge in [-0.15, -0.1) is 0 Å². The van der Waals surface area contributed by atoms with Crippen LogP contribution in [0.5, 0.6) is 17.2 Å². The van der Waals surface area contributed by atoms with Crippen molar-refractivity contribution in [2.24, 2.45) is 0 Å². The summed E-state index contributed by atoms with van der Waals surface area (Å²) in [5.74, 6) is 0.296. The number of methoxy groups -OCH3 is 3. The third kappa shape index (κ3) is 4.17. The highest BCUT2D eigenvalue weighted by Gasteiger charge is 2.26. The van der Waals surface area contributed by atoms with Gasteiger partial charge in [0, 0.05) is 24.0 Å². The number of fused-ring (bicyclic) bond motifs is 2. The van der Waals surface area contributed by atoms with E-state index in [1.807, 2.05) is 0 Å². The van der Waals surface area contributed by atoms with Crippen LogP contribution in [0.1, 0.15) is 21.6 Å². The Morgan fingerprint density at radius 3 is 2.25 bits per heavy atom. The number of rotatable bonds is 5. The van der Waals surface area contributed by atoms with Crippen LogP contribution in [0.3, 0.4) is 0 Å². The number of carbonyl (C=O) groups excluding carboxylic acids is 1. The zero-order valence-electron chi connectivity index (χ0n) is 20.0. The summed E-state index contributed by atoms with van der Waals surface area (Å²) >= 11 is 0. The van der Waals surface area contributed by atoms with Crippen LogP contribution in [0.2, 0.25) is 0 Å². The predicted octanol–water partition coefficient (Wildman–Crippen LogP) is 4.80. The van der Waals surface area contributed by atoms with E-state index in [-0.39, 0.29) is 23.2 Å². The Labute approximate surface area is 206 Å². The number of hydrogen-bond donors (Lipinski definition) is 0. The van der Waals surface area contributed by atoms with Crippen molar-refractivity contribution in [2.75, 3.05) is 27.9 Å². The van der Waals surface area contributed by atoms with Crippen molar-refractivity contribution in [3.63, 3.8) is 0 Å². The van der Waals surface area contributed by atoms with Gasteiger partial charge in [0.15, 0.2) is 17.3 Å². The standard InChI is InChI=1S/C27H23F2N3O4/c1-34-22-11-17(12-23(35-2)25(22)36-3)26-30-21-7-6-19(29)13-20(21)24(31-26)27(33)32-9-8-15-10-18(28)5-4-16(15)14-32/h4-7,10-13H,8-9,14H2,1-3H3. The van der Waals surface area contributed by atoms with Crippen LogP contribution in [0.4, 0.5) is 8.78 Å². The molecule has 4 aromatic rings. The first-order chi connectivity index (χ1) is 17.4. The highest BCUT2D eigenvalue weighted by molar-refractivity contribution is 6.05. The molecule has 1 amide bonds. The summed E-state index contributed by atoms with van der Waals surface area (Å²) in [4.78, 5) is 24.5. The fourth-order valence-electron chi connectivity index (χ4n) is 4.45. The molecule has 36 heavy (non-hydrogen) atoms. The molecule has 0 fully saturated rings. The van der Waals surface area contributed by atoms with Crippen molar-refractivity contribution in [3.05, 3.63) is 77.0 Å². The summed E-state index contributed by atoms with van der Waals surface area (Å²) in [5, 5.41) is 0.307. The molecule has 0 aliphatic carbocycles. The van der Waals surface area contributed by atoms with E-state index in [4.69, 9.17) is 14.2 Å². The maximum absolute atomic E-state index is 14.2. The average Bonchev–Trinajstić information content (AvgIpc) is 2.90. The second-order valence-corrected chi connectivity index (χ2v) is 8.36. The number of halogens is 2. The molecule has 0 radical (unpaired) electrons. The van der Waals surface area contributed by atoms with Gasteiger partial charge in [-0.25, -0.2) is 18.7 Å². The van der Waals surface area contributed by atoms with Gasteiger partial charge in [-0.3, -0.25) is 4.79 Å². The quantitative estimate of drug-likeness (QED) is 0.399. The first-order valence-corrected chi connectivity index (χ1v) is 11.3. The largest absolute Gasteiger partial charge is 0.493 e. The summed E-state index contributed by atoms with van der Waals surface area (Å²) in [7, 11) is 4.50. The fraction of sp³-hybridized carbons (Fsp3) is 0.222. The van der Waals surface area contributed by atoms with Gasteiger partial charge in [-0.05, 0) is 60.0 Å². The maximum Gasteiger partial charge on any atom is 0.273 e. The number of ether oxygens (including phenoxy) is 3. The molecule has 0 bridgehead atoms.